The van der Waals surface area contributed by atoms with Crippen molar-refractivity contribution in [2.75, 3.05) is 5.32 Å². The SMILES string of the molecule is O=C(O)C1C2C=CC(C2)C1C(=O)Nc1c(F)cccc1Cl. The molecule has 1 aromatic carbocycles. The van der Waals surface area contributed by atoms with E-state index < -0.39 is 29.5 Å². The number of halogens is 2. The summed E-state index contributed by atoms with van der Waals surface area (Å²) in [6.45, 7) is 0. The molecule has 4 atom stereocenters. The topological polar surface area (TPSA) is 66.4 Å². The molecule has 1 aromatic rings. The Bertz CT molecular complexity index is 626. The number of aliphatic carboxylic acids is 1. The molecule has 3 rings (SSSR count). The van der Waals surface area contributed by atoms with E-state index in [2.05, 4.69) is 5.32 Å². The fraction of sp³-hybridized carbons (Fsp3) is 0.333. The zero-order valence-corrected chi connectivity index (χ0v) is 11.7. The van der Waals surface area contributed by atoms with Crippen LogP contribution in [0.2, 0.25) is 5.02 Å². The van der Waals surface area contributed by atoms with Gasteiger partial charge in [0, 0.05) is 0 Å². The molecule has 1 amide bonds. The first kappa shape index (κ1) is 14.1. The number of hydrogen-bond acceptors (Lipinski definition) is 2. The summed E-state index contributed by atoms with van der Waals surface area (Å²) < 4.78 is 13.7. The van der Waals surface area contributed by atoms with Crippen molar-refractivity contribution in [2.24, 2.45) is 23.7 Å². The van der Waals surface area contributed by atoms with E-state index in [1.807, 2.05) is 12.2 Å². The maximum atomic E-state index is 13.7. The predicted octanol–water partition coefficient (Wildman–Crippen LogP) is 2.94. The van der Waals surface area contributed by atoms with Gasteiger partial charge in [0.15, 0.2) is 0 Å². The fourth-order valence-corrected chi connectivity index (χ4v) is 3.55. The Morgan fingerprint density at radius 2 is 1.90 bits per heavy atom. The van der Waals surface area contributed by atoms with E-state index in [1.165, 1.54) is 18.2 Å². The Balaban J connectivity index is 1.85. The predicted molar refractivity (Wildman–Crippen MR) is 75.4 cm³/mol. The quantitative estimate of drug-likeness (QED) is 0.844. The molecule has 0 radical (unpaired) electrons. The number of allylic oxidation sites excluding steroid dienone is 2. The average Bonchev–Trinajstić information content (AvgIpc) is 3.03. The minimum atomic E-state index is -0.994. The van der Waals surface area contributed by atoms with E-state index >= 15 is 0 Å². The van der Waals surface area contributed by atoms with Crippen LogP contribution in [0.25, 0.3) is 0 Å². The summed E-state index contributed by atoms with van der Waals surface area (Å²) in [4.78, 5) is 23.8. The van der Waals surface area contributed by atoms with Crippen molar-refractivity contribution in [3.8, 4) is 0 Å². The van der Waals surface area contributed by atoms with Crippen LogP contribution in [0.3, 0.4) is 0 Å². The summed E-state index contributed by atoms with van der Waals surface area (Å²) in [7, 11) is 0. The molecular formula is C15H13ClFNO3. The van der Waals surface area contributed by atoms with Crippen LogP contribution in [0.4, 0.5) is 10.1 Å². The maximum Gasteiger partial charge on any atom is 0.307 e. The zero-order valence-electron chi connectivity index (χ0n) is 10.9. The summed E-state index contributed by atoms with van der Waals surface area (Å²) in [5.74, 6) is -3.81. The summed E-state index contributed by atoms with van der Waals surface area (Å²) >= 11 is 5.87. The minimum absolute atomic E-state index is 0.0916. The molecule has 110 valence electrons. The standard InChI is InChI=1S/C15H13ClFNO3/c16-9-2-1-3-10(17)13(9)18-14(19)11-7-4-5-8(6-7)12(11)15(20)21/h1-5,7-8,11-12H,6H2,(H,18,19)(H,20,21). The van der Waals surface area contributed by atoms with Gasteiger partial charge in [-0.1, -0.05) is 29.8 Å². The van der Waals surface area contributed by atoms with E-state index in [9.17, 15) is 19.1 Å². The molecule has 2 N–H and O–H groups in total. The van der Waals surface area contributed by atoms with E-state index in [4.69, 9.17) is 11.6 Å². The number of nitrogens with one attached hydrogen (secondary N) is 1. The number of anilines is 1. The highest BCUT2D eigenvalue weighted by molar-refractivity contribution is 6.33. The van der Waals surface area contributed by atoms with Gasteiger partial charge in [-0.15, -0.1) is 0 Å². The number of benzene rings is 1. The Morgan fingerprint density at radius 1 is 1.24 bits per heavy atom. The lowest BCUT2D eigenvalue weighted by Gasteiger charge is -2.24. The number of hydrogen-bond donors (Lipinski definition) is 2. The molecule has 21 heavy (non-hydrogen) atoms. The van der Waals surface area contributed by atoms with E-state index in [-0.39, 0.29) is 22.5 Å². The van der Waals surface area contributed by atoms with Gasteiger partial charge in [-0.2, -0.15) is 0 Å². The Morgan fingerprint density at radius 3 is 2.52 bits per heavy atom. The first-order valence-corrected chi connectivity index (χ1v) is 7.03. The van der Waals surface area contributed by atoms with Gasteiger partial charge in [-0.3, -0.25) is 9.59 Å². The van der Waals surface area contributed by atoms with Gasteiger partial charge in [-0.05, 0) is 30.4 Å². The molecule has 4 nitrogen and oxygen atoms in total. The number of carboxylic acid groups (broad SMARTS) is 1. The van der Waals surface area contributed by atoms with Crippen LogP contribution in [0, 0.1) is 29.5 Å². The first-order chi connectivity index (χ1) is 9.99. The third-order valence-corrected chi connectivity index (χ3v) is 4.57. The van der Waals surface area contributed by atoms with Crippen LogP contribution in [-0.2, 0) is 9.59 Å². The highest BCUT2D eigenvalue weighted by Gasteiger charge is 2.51. The second kappa shape index (κ2) is 5.15. The summed E-state index contributed by atoms with van der Waals surface area (Å²) in [6.07, 6.45) is 4.38. The highest BCUT2D eigenvalue weighted by atomic mass is 35.5. The lowest BCUT2D eigenvalue weighted by Crippen LogP contribution is -2.36. The number of fused-ring (bicyclic) bond motifs is 2. The lowest BCUT2D eigenvalue weighted by atomic mass is 9.82. The molecule has 0 aromatic heterocycles. The third kappa shape index (κ3) is 2.31. The van der Waals surface area contributed by atoms with Gasteiger partial charge >= 0.3 is 5.97 Å². The Hall–Kier alpha value is -1.88. The Kier molecular flexibility index (Phi) is 3.45. The van der Waals surface area contributed by atoms with Crippen LogP contribution in [0.1, 0.15) is 6.42 Å². The molecule has 0 heterocycles. The second-order valence-corrected chi connectivity index (χ2v) is 5.83. The molecule has 6 heteroatoms. The van der Waals surface area contributed by atoms with E-state index in [0.29, 0.717) is 6.42 Å². The summed E-state index contributed by atoms with van der Waals surface area (Å²) in [5, 5.41) is 11.9. The molecule has 1 saturated carbocycles. The molecule has 2 aliphatic carbocycles. The van der Waals surface area contributed by atoms with Gasteiger partial charge in [0.1, 0.15) is 5.82 Å². The van der Waals surface area contributed by atoms with Crippen molar-refractivity contribution in [3.63, 3.8) is 0 Å². The van der Waals surface area contributed by atoms with Crippen LogP contribution < -0.4 is 5.32 Å². The minimum Gasteiger partial charge on any atom is -0.481 e. The van der Waals surface area contributed by atoms with Gasteiger partial charge < -0.3 is 10.4 Å². The fourth-order valence-electron chi connectivity index (χ4n) is 3.34. The molecule has 0 spiro atoms. The number of para-hydroxylation sites is 1. The molecular weight excluding hydrogens is 297 g/mol. The van der Waals surface area contributed by atoms with Gasteiger partial charge in [-0.25, -0.2) is 4.39 Å². The zero-order chi connectivity index (χ0) is 15.1. The Labute approximate surface area is 125 Å². The lowest BCUT2D eigenvalue weighted by molar-refractivity contribution is -0.146. The van der Waals surface area contributed by atoms with Crippen LogP contribution in [-0.4, -0.2) is 17.0 Å². The van der Waals surface area contributed by atoms with Crippen molar-refractivity contribution in [1.82, 2.24) is 0 Å². The maximum absolute atomic E-state index is 13.7. The van der Waals surface area contributed by atoms with E-state index in [1.54, 1.807) is 0 Å². The number of rotatable bonds is 3. The van der Waals surface area contributed by atoms with Gasteiger partial charge in [0.05, 0.1) is 22.5 Å². The monoisotopic (exact) mass is 309 g/mol. The molecule has 1 fully saturated rings. The van der Waals surface area contributed by atoms with Crippen molar-refractivity contribution in [3.05, 3.63) is 41.2 Å². The van der Waals surface area contributed by atoms with Gasteiger partial charge in [0.2, 0.25) is 5.91 Å². The van der Waals surface area contributed by atoms with Crippen LogP contribution in [0.15, 0.2) is 30.4 Å². The smallest absolute Gasteiger partial charge is 0.307 e. The number of carbonyl (C=O) groups is 2. The molecule has 0 saturated heterocycles. The summed E-state index contributed by atoms with van der Waals surface area (Å²) in [6, 6.07) is 4.10. The number of amides is 1. The van der Waals surface area contributed by atoms with Crippen LogP contribution in [0.5, 0.6) is 0 Å². The number of carbonyl (C=O) groups excluding carboxylic acids is 1. The molecule has 2 aliphatic rings. The highest BCUT2D eigenvalue weighted by Crippen LogP contribution is 2.48. The van der Waals surface area contributed by atoms with Crippen LogP contribution >= 0.6 is 11.6 Å². The second-order valence-electron chi connectivity index (χ2n) is 5.42. The van der Waals surface area contributed by atoms with Crippen molar-refractivity contribution >= 4 is 29.2 Å². The summed E-state index contributed by atoms with van der Waals surface area (Å²) in [5.41, 5.74) is -0.0972. The van der Waals surface area contributed by atoms with Crippen molar-refractivity contribution in [1.29, 1.82) is 0 Å². The third-order valence-electron chi connectivity index (χ3n) is 4.26. The largest absolute Gasteiger partial charge is 0.481 e. The average molecular weight is 310 g/mol. The van der Waals surface area contributed by atoms with Crippen molar-refractivity contribution in [2.45, 2.75) is 6.42 Å². The molecule has 4 unspecified atom stereocenters. The van der Waals surface area contributed by atoms with Crippen molar-refractivity contribution < 1.29 is 19.1 Å². The van der Waals surface area contributed by atoms with Gasteiger partial charge in [0.25, 0.3) is 0 Å². The molecule has 0 aliphatic heterocycles. The van der Waals surface area contributed by atoms with E-state index in [0.717, 1.165) is 0 Å². The number of carboxylic acids is 1. The normalized spacial score (nSPS) is 29.6. The molecule has 2 bridgehead atoms. The first-order valence-electron chi connectivity index (χ1n) is 6.65.